The Morgan fingerprint density at radius 1 is 1.21 bits per heavy atom. The van der Waals surface area contributed by atoms with Crippen molar-refractivity contribution < 1.29 is 9.84 Å². The third-order valence-electron chi connectivity index (χ3n) is 5.00. The molecule has 0 saturated heterocycles. The number of methoxy groups -OCH3 is 1. The SMILES string of the molecule is COc1cnccc1C(C)NC1CCC(O)(c2cccnc2)CC1. The minimum Gasteiger partial charge on any atom is -0.495 e. The lowest BCUT2D eigenvalue weighted by Crippen LogP contribution is -2.40. The molecule has 2 heterocycles. The molecule has 128 valence electrons. The van der Waals surface area contributed by atoms with E-state index in [1.54, 1.807) is 31.9 Å². The number of pyridine rings is 2. The van der Waals surface area contributed by atoms with Crippen molar-refractivity contribution in [1.82, 2.24) is 15.3 Å². The quantitative estimate of drug-likeness (QED) is 0.884. The van der Waals surface area contributed by atoms with Crippen molar-refractivity contribution in [2.75, 3.05) is 7.11 Å². The molecule has 1 atom stereocenters. The first-order valence-electron chi connectivity index (χ1n) is 8.49. The zero-order valence-electron chi connectivity index (χ0n) is 14.3. The average Bonchev–Trinajstić information content (AvgIpc) is 2.64. The van der Waals surface area contributed by atoms with Gasteiger partial charge in [0.15, 0.2) is 0 Å². The second-order valence-corrected chi connectivity index (χ2v) is 6.55. The first kappa shape index (κ1) is 16.9. The molecule has 2 aromatic rings. The van der Waals surface area contributed by atoms with Crippen LogP contribution in [0, 0.1) is 0 Å². The summed E-state index contributed by atoms with van der Waals surface area (Å²) in [6.45, 7) is 2.14. The van der Waals surface area contributed by atoms with Crippen LogP contribution >= 0.6 is 0 Å². The monoisotopic (exact) mass is 327 g/mol. The Kier molecular flexibility index (Phi) is 5.11. The highest BCUT2D eigenvalue weighted by atomic mass is 16.5. The molecule has 2 aromatic heterocycles. The van der Waals surface area contributed by atoms with Crippen LogP contribution in [0.5, 0.6) is 5.75 Å². The molecular weight excluding hydrogens is 302 g/mol. The Morgan fingerprint density at radius 2 is 1.96 bits per heavy atom. The second-order valence-electron chi connectivity index (χ2n) is 6.55. The van der Waals surface area contributed by atoms with E-state index in [1.165, 1.54) is 0 Å². The Labute approximate surface area is 143 Å². The van der Waals surface area contributed by atoms with Crippen LogP contribution in [0.25, 0.3) is 0 Å². The van der Waals surface area contributed by atoms with Crippen molar-refractivity contribution in [3.05, 3.63) is 54.1 Å². The molecule has 0 aromatic carbocycles. The summed E-state index contributed by atoms with van der Waals surface area (Å²) in [5, 5.41) is 14.6. The molecule has 1 aliphatic carbocycles. The van der Waals surface area contributed by atoms with Crippen LogP contribution in [0.15, 0.2) is 43.0 Å². The summed E-state index contributed by atoms with van der Waals surface area (Å²) in [5.41, 5.74) is 1.29. The third-order valence-corrected chi connectivity index (χ3v) is 5.00. The lowest BCUT2D eigenvalue weighted by Gasteiger charge is -2.37. The lowest BCUT2D eigenvalue weighted by molar-refractivity contribution is -0.00953. The van der Waals surface area contributed by atoms with Crippen molar-refractivity contribution >= 4 is 0 Å². The highest BCUT2D eigenvalue weighted by Crippen LogP contribution is 2.37. The number of hydrogen-bond acceptors (Lipinski definition) is 5. The van der Waals surface area contributed by atoms with E-state index in [1.807, 2.05) is 18.2 Å². The maximum atomic E-state index is 10.9. The van der Waals surface area contributed by atoms with Gasteiger partial charge in [0, 0.05) is 41.8 Å². The Bertz CT molecular complexity index is 655. The molecule has 1 aliphatic rings. The van der Waals surface area contributed by atoms with Gasteiger partial charge >= 0.3 is 0 Å². The molecule has 5 heteroatoms. The molecule has 24 heavy (non-hydrogen) atoms. The zero-order chi connectivity index (χ0) is 17.0. The first-order chi connectivity index (χ1) is 11.6. The predicted octanol–water partition coefficient (Wildman–Crippen LogP) is 2.97. The number of aromatic nitrogens is 2. The first-order valence-corrected chi connectivity index (χ1v) is 8.49. The van der Waals surface area contributed by atoms with E-state index in [0.717, 1.165) is 42.6 Å². The molecule has 1 fully saturated rings. The number of aliphatic hydroxyl groups is 1. The summed E-state index contributed by atoms with van der Waals surface area (Å²) in [6.07, 6.45) is 10.4. The summed E-state index contributed by atoms with van der Waals surface area (Å²) in [7, 11) is 1.67. The van der Waals surface area contributed by atoms with Gasteiger partial charge in [-0.1, -0.05) is 6.07 Å². The Hall–Kier alpha value is -1.98. The van der Waals surface area contributed by atoms with Gasteiger partial charge in [0.2, 0.25) is 0 Å². The number of rotatable bonds is 5. The zero-order valence-corrected chi connectivity index (χ0v) is 14.3. The van der Waals surface area contributed by atoms with Gasteiger partial charge in [-0.15, -0.1) is 0 Å². The number of nitrogens with zero attached hydrogens (tertiary/aromatic N) is 2. The molecule has 0 bridgehead atoms. The Balaban J connectivity index is 1.61. The largest absolute Gasteiger partial charge is 0.495 e. The van der Waals surface area contributed by atoms with Gasteiger partial charge < -0.3 is 15.2 Å². The highest BCUT2D eigenvalue weighted by molar-refractivity contribution is 5.32. The summed E-state index contributed by atoms with van der Waals surface area (Å²) >= 11 is 0. The minimum atomic E-state index is -0.746. The van der Waals surface area contributed by atoms with E-state index in [0.29, 0.717) is 6.04 Å². The van der Waals surface area contributed by atoms with Gasteiger partial charge in [-0.3, -0.25) is 9.97 Å². The number of ether oxygens (including phenoxy) is 1. The van der Waals surface area contributed by atoms with Crippen LogP contribution in [-0.4, -0.2) is 28.2 Å². The van der Waals surface area contributed by atoms with Gasteiger partial charge in [0.05, 0.1) is 18.9 Å². The maximum Gasteiger partial charge on any atom is 0.141 e. The molecule has 5 nitrogen and oxygen atoms in total. The second kappa shape index (κ2) is 7.28. The standard InChI is InChI=1S/C19H25N3O2/c1-14(17-7-11-21-13-18(17)24-2)22-16-5-8-19(23,9-6-16)15-4-3-10-20-12-15/h3-4,7,10-14,16,22-23H,5-6,8-9H2,1-2H3. The molecule has 2 N–H and O–H groups in total. The van der Waals surface area contributed by atoms with Crippen LogP contribution < -0.4 is 10.1 Å². The molecule has 0 aliphatic heterocycles. The number of hydrogen-bond donors (Lipinski definition) is 2. The summed E-state index contributed by atoms with van der Waals surface area (Å²) in [5.74, 6) is 0.806. The van der Waals surface area contributed by atoms with E-state index in [9.17, 15) is 5.11 Å². The van der Waals surface area contributed by atoms with Gasteiger partial charge in [0.1, 0.15) is 5.75 Å². The summed E-state index contributed by atoms with van der Waals surface area (Å²) in [4.78, 5) is 8.24. The number of nitrogens with one attached hydrogen (secondary N) is 1. The fourth-order valence-electron chi connectivity index (χ4n) is 3.55. The predicted molar refractivity (Wildman–Crippen MR) is 92.7 cm³/mol. The Morgan fingerprint density at radius 3 is 2.62 bits per heavy atom. The van der Waals surface area contributed by atoms with Crippen molar-refractivity contribution in [1.29, 1.82) is 0 Å². The molecule has 0 radical (unpaired) electrons. The lowest BCUT2D eigenvalue weighted by atomic mass is 9.78. The fourth-order valence-corrected chi connectivity index (χ4v) is 3.55. The normalized spacial score (nSPS) is 25.2. The van der Waals surface area contributed by atoms with Crippen LogP contribution in [0.2, 0.25) is 0 Å². The minimum absolute atomic E-state index is 0.178. The highest BCUT2D eigenvalue weighted by Gasteiger charge is 2.35. The third kappa shape index (κ3) is 3.57. The molecular formula is C19H25N3O2. The van der Waals surface area contributed by atoms with Gasteiger partial charge in [-0.2, -0.15) is 0 Å². The van der Waals surface area contributed by atoms with Gasteiger partial charge in [-0.25, -0.2) is 0 Å². The molecule has 1 unspecified atom stereocenters. The van der Waals surface area contributed by atoms with E-state index in [2.05, 4.69) is 22.2 Å². The van der Waals surface area contributed by atoms with E-state index in [-0.39, 0.29) is 6.04 Å². The molecule has 0 spiro atoms. The van der Waals surface area contributed by atoms with Gasteiger partial charge in [0.25, 0.3) is 0 Å². The molecule has 3 rings (SSSR count). The van der Waals surface area contributed by atoms with Crippen LogP contribution in [0.1, 0.15) is 49.8 Å². The van der Waals surface area contributed by atoms with Crippen molar-refractivity contribution in [3.63, 3.8) is 0 Å². The summed E-state index contributed by atoms with van der Waals surface area (Å²) < 4.78 is 5.40. The van der Waals surface area contributed by atoms with E-state index >= 15 is 0 Å². The van der Waals surface area contributed by atoms with Crippen LogP contribution in [0.4, 0.5) is 0 Å². The maximum absolute atomic E-state index is 10.9. The average molecular weight is 327 g/mol. The van der Waals surface area contributed by atoms with Crippen LogP contribution in [0.3, 0.4) is 0 Å². The molecule has 0 amide bonds. The van der Waals surface area contributed by atoms with E-state index in [4.69, 9.17) is 4.74 Å². The van der Waals surface area contributed by atoms with Crippen molar-refractivity contribution in [2.24, 2.45) is 0 Å². The van der Waals surface area contributed by atoms with Crippen molar-refractivity contribution in [3.8, 4) is 5.75 Å². The smallest absolute Gasteiger partial charge is 0.141 e. The molecule has 1 saturated carbocycles. The van der Waals surface area contributed by atoms with Crippen LogP contribution in [-0.2, 0) is 5.60 Å². The summed E-state index contributed by atoms with van der Waals surface area (Å²) in [6, 6.07) is 6.40. The van der Waals surface area contributed by atoms with Gasteiger partial charge in [-0.05, 0) is 44.7 Å². The van der Waals surface area contributed by atoms with E-state index < -0.39 is 5.60 Å². The topological polar surface area (TPSA) is 67.3 Å². The van der Waals surface area contributed by atoms with Crippen molar-refractivity contribution in [2.45, 2.75) is 50.3 Å². The fraction of sp³-hybridized carbons (Fsp3) is 0.474.